The monoisotopic (exact) mass is 436 g/mol. The van der Waals surface area contributed by atoms with E-state index in [9.17, 15) is 4.79 Å². The number of carbonyl (C=O) groups is 1. The van der Waals surface area contributed by atoms with Crippen molar-refractivity contribution >= 4 is 28.4 Å². The fourth-order valence-electron chi connectivity index (χ4n) is 3.02. The number of aromatic nitrogens is 4. The maximum atomic E-state index is 12.6. The molecule has 0 aliphatic rings. The predicted octanol–water partition coefficient (Wildman–Crippen LogP) is 1.90. The van der Waals surface area contributed by atoms with Crippen LogP contribution in [0.25, 0.3) is 16.8 Å². The second-order valence-corrected chi connectivity index (χ2v) is 6.78. The first-order valence-electron chi connectivity index (χ1n) is 10.2. The fourth-order valence-corrected chi connectivity index (χ4v) is 3.02. The van der Waals surface area contributed by atoms with Crippen LogP contribution in [0.1, 0.15) is 10.5 Å². The van der Waals surface area contributed by atoms with Crippen LogP contribution < -0.4 is 15.8 Å². The molecule has 4 rings (SSSR count). The smallest absolute Gasteiger partial charge is 0.274 e. The van der Waals surface area contributed by atoms with Gasteiger partial charge in [-0.3, -0.25) is 9.20 Å². The highest BCUT2D eigenvalue weighted by Gasteiger charge is 2.12. The summed E-state index contributed by atoms with van der Waals surface area (Å²) in [5.74, 6) is 0.559. The van der Waals surface area contributed by atoms with Crippen molar-refractivity contribution in [2.24, 2.45) is 5.73 Å². The molecule has 0 bridgehead atoms. The zero-order chi connectivity index (χ0) is 22.2. The standard InChI is InChI=1S/C22H24N6O4/c23-8-10-30-11-12-31-13-14-32-20-6-5-16(15-24-20)25-21(29)18-7-9-28-19-4-2-1-3-17(19)26-22(28)27-18/h1-7,9,15H,8,10-14,23H2,(H,25,29). The third kappa shape index (κ3) is 5.35. The number of hydrogen-bond donors (Lipinski definition) is 2. The minimum absolute atomic E-state index is 0.265. The zero-order valence-electron chi connectivity index (χ0n) is 17.4. The molecule has 0 unspecified atom stereocenters. The number of benzene rings is 1. The quantitative estimate of drug-likeness (QED) is 0.342. The van der Waals surface area contributed by atoms with E-state index in [4.69, 9.17) is 19.9 Å². The molecule has 3 heterocycles. The van der Waals surface area contributed by atoms with Crippen molar-refractivity contribution < 1.29 is 19.0 Å². The Hall–Kier alpha value is -3.60. The van der Waals surface area contributed by atoms with Gasteiger partial charge in [0.05, 0.1) is 49.3 Å². The topological polar surface area (TPSA) is 126 Å². The summed E-state index contributed by atoms with van der Waals surface area (Å²) in [5, 5.41) is 2.78. The molecule has 1 aromatic carbocycles. The number of nitrogens with two attached hydrogens (primary N) is 1. The van der Waals surface area contributed by atoms with Crippen molar-refractivity contribution in [1.29, 1.82) is 0 Å². The second-order valence-electron chi connectivity index (χ2n) is 6.78. The van der Waals surface area contributed by atoms with Crippen molar-refractivity contribution in [2.75, 3.05) is 44.9 Å². The average Bonchev–Trinajstić information content (AvgIpc) is 3.19. The Bertz CT molecular complexity index is 1180. The number of ether oxygens (including phenoxy) is 3. The Morgan fingerprint density at radius 1 is 0.969 bits per heavy atom. The van der Waals surface area contributed by atoms with E-state index in [2.05, 4.69) is 20.3 Å². The predicted molar refractivity (Wildman–Crippen MR) is 119 cm³/mol. The van der Waals surface area contributed by atoms with Crippen molar-refractivity contribution in [3.05, 3.63) is 60.6 Å². The van der Waals surface area contributed by atoms with Gasteiger partial charge in [-0.05, 0) is 24.3 Å². The minimum atomic E-state index is -0.347. The lowest BCUT2D eigenvalue weighted by atomic mass is 10.3. The molecule has 166 valence electrons. The van der Waals surface area contributed by atoms with Crippen LogP contribution in [-0.4, -0.2) is 64.8 Å². The van der Waals surface area contributed by atoms with Crippen molar-refractivity contribution in [2.45, 2.75) is 0 Å². The lowest BCUT2D eigenvalue weighted by molar-refractivity contribution is 0.0382. The van der Waals surface area contributed by atoms with Gasteiger partial charge < -0.3 is 25.3 Å². The van der Waals surface area contributed by atoms with Crippen LogP contribution in [0.2, 0.25) is 0 Å². The summed E-state index contributed by atoms with van der Waals surface area (Å²) in [6.07, 6.45) is 3.31. The summed E-state index contributed by atoms with van der Waals surface area (Å²) in [4.78, 5) is 25.6. The van der Waals surface area contributed by atoms with Crippen molar-refractivity contribution in [3.8, 4) is 5.88 Å². The van der Waals surface area contributed by atoms with E-state index in [1.807, 2.05) is 28.7 Å². The maximum Gasteiger partial charge on any atom is 0.274 e. The first-order chi connectivity index (χ1) is 15.7. The molecular weight excluding hydrogens is 412 g/mol. The van der Waals surface area contributed by atoms with Crippen LogP contribution in [0.5, 0.6) is 5.88 Å². The number of nitrogens with one attached hydrogen (secondary N) is 1. The highest BCUT2D eigenvalue weighted by molar-refractivity contribution is 6.03. The average molecular weight is 436 g/mol. The molecule has 4 aromatic rings. The van der Waals surface area contributed by atoms with E-state index in [0.717, 1.165) is 11.0 Å². The van der Waals surface area contributed by atoms with Crippen molar-refractivity contribution in [1.82, 2.24) is 19.4 Å². The summed E-state index contributed by atoms with van der Waals surface area (Å²) in [6.45, 7) is 2.79. The highest BCUT2D eigenvalue weighted by Crippen LogP contribution is 2.16. The number of anilines is 1. The van der Waals surface area contributed by atoms with Gasteiger partial charge >= 0.3 is 0 Å². The maximum absolute atomic E-state index is 12.6. The van der Waals surface area contributed by atoms with E-state index < -0.39 is 0 Å². The molecular formula is C22H24N6O4. The molecule has 0 aliphatic carbocycles. The number of pyridine rings is 1. The Morgan fingerprint density at radius 3 is 2.59 bits per heavy atom. The number of hydrogen-bond acceptors (Lipinski definition) is 8. The van der Waals surface area contributed by atoms with Gasteiger partial charge in [0, 0.05) is 18.8 Å². The van der Waals surface area contributed by atoms with Gasteiger partial charge in [0.15, 0.2) is 0 Å². The molecule has 3 aromatic heterocycles. The SMILES string of the molecule is NCCOCCOCCOc1ccc(NC(=O)c2ccn3c(n2)nc2ccccc23)cn1. The zero-order valence-corrected chi connectivity index (χ0v) is 17.4. The Morgan fingerprint density at radius 2 is 1.78 bits per heavy atom. The van der Waals surface area contributed by atoms with Crippen LogP contribution in [0, 0.1) is 0 Å². The number of rotatable bonds is 11. The summed E-state index contributed by atoms with van der Waals surface area (Å²) in [6, 6.07) is 12.8. The Balaban J connectivity index is 1.28. The third-order valence-corrected chi connectivity index (χ3v) is 4.52. The van der Waals surface area contributed by atoms with E-state index in [1.54, 1.807) is 24.4 Å². The van der Waals surface area contributed by atoms with E-state index >= 15 is 0 Å². The lowest BCUT2D eigenvalue weighted by Gasteiger charge is -2.08. The molecule has 0 spiro atoms. The lowest BCUT2D eigenvalue weighted by Crippen LogP contribution is -2.15. The van der Waals surface area contributed by atoms with E-state index in [1.165, 1.54) is 6.20 Å². The third-order valence-electron chi connectivity index (χ3n) is 4.52. The number of carbonyl (C=O) groups excluding carboxylic acids is 1. The van der Waals surface area contributed by atoms with Gasteiger partial charge in [-0.1, -0.05) is 12.1 Å². The first-order valence-corrected chi connectivity index (χ1v) is 10.2. The highest BCUT2D eigenvalue weighted by atomic mass is 16.5. The summed E-state index contributed by atoms with van der Waals surface area (Å²) in [5.41, 5.74) is 7.89. The molecule has 0 fully saturated rings. The largest absolute Gasteiger partial charge is 0.475 e. The van der Waals surface area contributed by atoms with Crippen molar-refractivity contribution in [3.63, 3.8) is 0 Å². The molecule has 0 saturated heterocycles. The number of amides is 1. The molecule has 1 amide bonds. The first kappa shape index (κ1) is 21.6. The molecule has 32 heavy (non-hydrogen) atoms. The molecule has 10 heteroatoms. The van der Waals surface area contributed by atoms with Gasteiger partial charge in [-0.25, -0.2) is 15.0 Å². The summed E-state index contributed by atoms with van der Waals surface area (Å²) >= 11 is 0. The van der Waals surface area contributed by atoms with Crippen LogP contribution in [0.3, 0.4) is 0 Å². The number of fused-ring (bicyclic) bond motifs is 3. The van der Waals surface area contributed by atoms with E-state index in [0.29, 0.717) is 56.9 Å². The molecule has 3 N–H and O–H groups in total. The van der Waals surface area contributed by atoms with Crippen LogP contribution in [0.15, 0.2) is 54.9 Å². The van der Waals surface area contributed by atoms with Crippen LogP contribution in [0.4, 0.5) is 5.69 Å². The summed E-state index contributed by atoms with van der Waals surface area (Å²) < 4.78 is 18.0. The summed E-state index contributed by atoms with van der Waals surface area (Å²) in [7, 11) is 0. The van der Waals surface area contributed by atoms with Gasteiger partial charge in [-0.2, -0.15) is 0 Å². The normalized spacial score (nSPS) is 11.2. The molecule has 0 aliphatic heterocycles. The molecule has 0 atom stereocenters. The Kier molecular flexibility index (Phi) is 7.18. The second kappa shape index (κ2) is 10.6. The van der Waals surface area contributed by atoms with Gasteiger partial charge in [0.2, 0.25) is 11.7 Å². The van der Waals surface area contributed by atoms with Gasteiger partial charge in [-0.15, -0.1) is 0 Å². The molecule has 0 radical (unpaired) electrons. The Labute approximate surface area is 184 Å². The number of nitrogens with zero attached hydrogens (tertiary/aromatic N) is 4. The number of imidazole rings is 1. The van der Waals surface area contributed by atoms with Gasteiger partial charge in [0.1, 0.15) is 12.3 Å². The van der Waals surface area contributed by atoms with Crippen LogP contribution in [-0.2, 0) is 9.47 Å². The number of para-hydroxylation sites is 2. The van der Waals surface area contributed by atoms with Gasteiger partial charge in [0.25, 0.3) is 5.91 Å². The molecule has 0 saturated carbocycles. The fraction of sp³-hybridized carbons (Fsp3) is 0.273. The molecule has 10 nitrogen and oxygen atoms in total. The van der Waals surface area contributed by atoms with E-state index in [-0.39, 0.29) is 11.6 Å². The van der Waals surface area contributed by atoms with Crippen LogP contribution >= 0.6 is 0 Å². The minimum Gasteiger partial charge on any atom is -0.475 e.